The number of nitrogens with zero attached hydrogens (tertiary/aromatic N) is 2. The largest absolute Gasteiger partial charge is 0.354 e. The maximum atomic E-state index is 6.10. The Hall–Kier alpha value is -1.33. The first-order valence-corrected chi connectivity index (χ1v) is 7.15. The first kappa shape index (κ1) is 14.1. The minimum absolute atomic E-state index is 0.484. The predicted molar refractivity (Wildman–Crippen MR) is 83.2 cm³/mol. The maximum absolute atomic E-state index is 6.10. The van der Waals surface area contributed by atoms with E-state index in [0.717, 1.165) is 23.1 Å². The van der Waals surface area contributed by atoms with Crippen LogP contribution in [0.5, 0.6) is 0 Å². The molecular formula is C13H14BrClN4. The van der Waals surface area contributed by atoms with Crippen LogP contribution in [0.15, 0.2) is 34.9 Å². The molecule has 0 aliphatic heterocycles. The van der Waals surface area contributed by atoms with Crippen molar-refractivity contribution in [1.82, 2.24) is 9.97 Å². The molecule has 19 heavy (non-hydrogen) atoms. The summed E-state index contributed by atoms with van der Waals surface area (Å²) in [4.78, 5) is 8.49. The molecule has 0 amide bonds. The fourth-order valence-electron chi connectivity index (χ4n) is 1.47. The van der Waals surface area contributed by atoms with Crippen LogP contribution in [0, 0.1) is 0 Å². The maximum Gasteiger partial charge on any atom is 0.224 e. The number of halogens is 2. The van der Waals surface area contributed by atoms with Gasteiger partial charge in [-0.2, -0.15) is 4.98 Å². The summed E-state index contributed by atoms with van der Waals surface area (Å²) in [5.41, 5.74) is 0.907. The van der Waals surface area contributed by atoms with E-state index >= 15 is 0 Å². The van der Waals surface area contributed by atoms with Crippen molar-refractivity contribution < 1.29 is 0 Å². The highest BCUT2D eigenvalue weighted by atomic mass is 79.9. The first-order chi connectivity index (χ1) is 9.20. The molecule has 100 valence electrons. The van der Waals surface area contributed by atoms with Crippen molar-refractivity contribution in [1.29, 1.82) is 0 Å². The van der Waals surface area contributed by atoms with Crippen LogP contribution in [-0.4, -0.2) is 16.5 Å². The Morgan fingerprint density at radius 1 is 1.32 bits per heavy atom. The van der Waals surface area contributed by atoms with Crippen LogP contribution in [0.2, 0.25) is 5.02 Å². The van der Waals surface area contributed by atoms with Crippen LogP contribution in [0.3, 0.4) is 0 Å². The number of nitrogens with one attached hydrogen (secondary N) is 2. The van der Waals surface area contributed by atoms with Gasteiger partial charge in [-0.25, -0.2) is 4.98 Å². The van der Waals surface area contributed by atoms with Crippen molar-refractivity contribution in [3.8, 4) is 0 Å². The third-order valence-electron chi connectivity index (χ3n) is 2.40. The summed E-state index contributed by atoms with van der Waals surface area (Å²) >= 11 is 9.58. The van der Waals surface area contributed by atoms with E-state index in [-0.39, 0.29) is 0 Å². The van der Waals surface area contributed by atoms with Crippen LogP contribution in [0.25, 0.3) is 0 Å². The second kappa shape index (κ2) is 6.73. The smallest absolute Gasteiger partial charge is 0.224 e. The van der Waals surface area contributed by atoms with Crippen molar-refractivity contribution in [2.75, 3.05) is 17.2 Å². The van der Waals surface area contributed by atoms with E-state index in [2.05, 4.69) is 43.5 Å². The van der Waals surface area contributed by atoms with Crippen molar-refractivity contribution in [2.45, 2.75) is 13.3 Å². The monoisotopic (exact) mass is 340 g/mol. The van der Waals surface area contributed by atoms with Crippen molar-refractivity contribution in [3.05, 3.63) is 40.0 Å². The molecule has 2 rings (SSSR count). The molecule has 0 aliphatic rings. The van der Waals surface area contributed by atoms with E-state index in [9.17, 15) is 0 Å². The van der Waals surface area contributed by atoms with Gasteiger partial charge in [-0.05, 0) is 34.5 Å². The Kier molecular flexibility index (Phi) is 4.99. The van der Waals surface area contributed by atoms with Crippen molar-refractivity contribution in [3.63, 3.8) is 0 Å². The lowest BCUT2D eigenvalue weighted by atomic mass is 10.3. The average Bonchev–Trinajstić information content (AvgIpc) is 2.42. The van der Waals surface area contributed by atoms with Gasteiger partial charge in [-0.3, -0.25) is 0 Å². The van der Waals surface area contributed by atoms with Crippen LogP contribution < -0.4 is 10.6 Å². The molecule has 6 heteroatoms. The molecule has 0 saturated heterocycles. The summed E-state index contributed by atoms with van der Waals surface area (Å²) < 4.78 is 0.952. The number of para-hydroxylation sites is 1. The first-order valence-electron chi connectivity index (χ1n) is 5.98. The van der Waals surface area contributed by atoms with E-state index in [1.165, 1.54) is 0 Å². The fraction of sp³-hybridized carbons (Fsp3) is 0.231. The lowest BCUT2D eigenvalue weighted by molar-refractivity contribution is 0.953. The predicted octanol–water partition coefficient (Wildman–Crippen LogP) is 4.46. The second-order valence-corrected chi connectivity index (χ2v) is 5.18. The molecule has 1 aromatic heterocycles. The number of anilines is 3. The van der Waals surface area contributed by atoms with Crippen LogP contribution in [-0.2, 0) is 0 Å². The number of aromatic nitrogens is 2. The van der Waals surface area contributed by atoms with Crippen LogP contribution in [0.1, 0.15) is 13.3 Å². The van der Waals surface area contributed by atoms with Crippen molar-refractivity contribution in [2.24, 2.45) is 0 Å². The second-order valence-electron chi connectivity index (χ2n) is 3.92. The molecule has 0 spiro atoms. The normalized spacial score (nSPS) is 10.3. The number of hydrogen-bond donors (Lipinski definition) is 2. The van der Waals surface area contributed by atoms with E-state index in [0.29, 0.717) is 16.8 Å². The van der Waals surface area contributed by atoms with Gasteiger partial charge in [0.1, 0.15) is 5.02 Å². The number of rotatable bonds is 5. The summed E-state index contributed by atoms with van der Waals surface area (Å²) in [6.45, 7) is 2.92. The Morgan fingerprint density at radius 3 is 2.84 bits per heavy atom. The van der Waals surface area contributed by atoms with Gasteiger partial charge >= 0.3 is 0 Å². The molecule has 2 aromatic rings. The van der Waals surface area contributed by atoms with Gasteiger partial charge in [0, 0.05) is 11.0 Å². The van der Waals surface area contributed by atoms with E-state index in [1.54, 1.807) is 6.20 Å². The number of benzene rings is 1. The summed E-state index contributed by atoms with van der Waals surface area (Å²) in [6, 6.07) is 7.79. The van der Waals surface area contributed by atoms with Gasteiger partial charge in [0.2, 0.25) is 5.95 Å². The summed E-state index contributed by atoms with van der Waals surface area (Å²) in [5.74, 6) is 1.16. The average molecular weight is 342 g/mol. The molecule has 1 heterocycles. The van der Waals surface area contributed by atoms with Gasteiger partial charge in [-0.1, -0.05) is 30.7 Å². The molecule has 0 aliphatic carbocycles. The molecule has 0 radical (unpaired) electrons. The Balaban J connectivity index is 2.21. The molecule has 0 saturated carbocycles. The highest BCUT2D eigenvalue weighted by Gasteiger charge is 2.07. The minimum Gasteiger partial charge on any atom is -0.354 e. The molecule has 0 bridgehead atoms. The molecule has 1 aromatic carbocycles. The Bertz CT molecular complexity index is 562. The fourth-order valence-corrected chi connectivity index (χ4v) is 1.99. The molecule has 4 nitrogen and oxygen atoms in total. The van der Waals surface area contributed by atoms with Gasteiger partial charge in [0.25, 0.3) is 0 Å². The topological polar surface area (TPSA) is 49.8 Å². The number of hydrogen-bond acceptors (Lipinski definition) is 4. The summed E-state index contributed by atoms with van der Waals surface area (Å²) in [5, 5.41) is 6.80. The van der Waals surface area contributed by atoms with E-state index in [1.807, 2.05) is 24.3 Å². The van der Waals surface area contributed by atoms with Crippen molar-refractivity contribution >= 4 is 45.0 Å². The lowest BCUT2D eigenvalue weighted by Gasteiger charge is -2.10. The minimum atomic E-state index is 0.484. The molecule has 0 atom stereocenters. The summed E-state index contributed by atoms with van der Waals surface area (Å²) in [7, 11) is 0. The molecule has 0 fully saturated rings. The van der Waals surface area contributed by atoms with Crippen LogP contribution in [0.4, 0.5) is 17.5 Å². The van der Waals surface area contributed by atoms with Gasteiger partial charge in [0.05, 0.1) is 11.9 Å². The lowest BCUT2D eigenvalue weighted by Crippen LogP contribution is -2.06. The SMILES string of the molecule is CCCNc1ncc(Cl)c(Nc2ccccc2Br)n1. The summed E-state index contributed by atoms with van der Waals surface area (Å²) in [6.07, 6.45) is 2.60. The Labute approximate surface area is 125 Å². The Morgan fingerprint density at radius 2 is 2.11 bits per heavy atom. The quantitative estimate of drug-likeness (QED) is 0.843. The zero-order valence-electron chi connectivity index (χ0n) is 10.5. The highest BCUT2D eigenvalue weighted by molar-refractivity contribution is 9.10. The van der Waals surface area contributed by atoms with E-state index < -0.39 is 0 Å². The molecule has 2 N–H and O–H groups in total. The van der Waals surface area contributed by atoms with Crippen LogP contribution >= 0.6 is 27.5 Å². The van der Waals surface area contributed by atoms with E-state index in [4.69, 9.17) is 11.6 Å². The van der Waals surface area contributed by atoms with Gasteiger partial charge in [-0.15, -0.1) is 0 Å². The molecule has 0 unspecified atom stereocenters. The van der Waals surface area contributed by atoms with Gasteiger partial charge < -0.3 is 10.6 Å². The third-order valence-corrected chi connectivity index (χ3v) is 3.37. The standard InChI is InChI=1S/C13H14BrClN4/c1-2-7-16-13-17-8-10(15)12(19-13)18-11-6-4-3-5-9(11)14/h3-6,8H,2,7H2,1H3,(H2,16,17,18,19). The zero-order chi connectivity index (χ0) is 13.7. The highest BCUT2D eigenvalue weighted by Crippen LogP contribution is 2.28. The zero-order valence-corrected chi connectivity index (χ0v) is 12.8. The molecular weight excluding hydrogens is 328 g/mol. The third kappa shape index (κ3) is 3.81. The van der Waals surface area contributed by atoms with Gasteiger partial charge in [0.15, 0.2) is 5.82 Å².